The molecule has 0 unspecified atom stereocenters. The summed E-state index contributed by atoms with van der Waals surface area (Å²) in [6, 6.07) is 19.2. The zero-order valence-corrected chi connectivity index (χ0v) is 22.6. The van der Waals surface area contributed by atoms with Crippen LogP contribution in [0.5, 0.6) is 0 Å². The van der Waals surface area contributed by atoms with Crippen LogP contribution in [0.2, 0.25) is 0 Å². The van der Waals surface area contributed by atoms with Crippen molar-refractivity contribution in [1.29, 1.82) is 0 Å². The first-order valence-corrected chi connectivity index (χ1v) is 13.0. The number of amides is 1. The maximum Gasteiger partial charge on any atom is 0.224 e. The highest BCUT2D eigenvalue weighted by molar-refractivity contribution is 9.10. The molecule has 2 N–H and O–H groups in total. The SMILES string of the molecule is CCC(=O)Nc1ccc(N2C(=S)N[C@H](c3ccccn3)[C@@H]2c2ccc(-c3ccc(F)cc3Br)o2)cc1C. The molecule has 0 radical (unpaired) electrons. The number of furan rings is 1. The number of aromatic nitrogens is 1. The molecule has 4 aromatic rings. The van der Waals surface area contributed by atoms with Gasteiger partial charge >= 0.3 is 0 Å². The number of benzene rings is 2. The normalized spacial score (nSPS) is 17.1. The number of halogens is 2. The lowest BCUT2D eigenvalue weighted by Gasteiger charge is -2.27. The van der Waals surface area contributed by atoms with E-state index in [-0.39, 0.29) is 23.8 Å². The Bertz CT molecular complexity index is 1480. The minimum atomic E-state index is -0.342. The van der Waals surface area contributed by atoms with Gasteiger partial charge in [-0.1, -0.05) is 13.0 Å². The van der Waals surface area contributed by atoms with Gasteiger partial charge in [0.15, 0.2) is 5.11 Å². The third-order valence-electron chi connectivity index (χ3n) is 6.30. The lowest BCUT2D eigenvalue weighted by atomic mass is 10.0. The second kappa shape index (κ2) is 10.4. The van der Waals surface area contributed by atoms with Gasteiger partial charge in [-0.15, -0.1) is 0 Å². The van der Waals surface area contributed by atoms with Gasteiger partial charge in [-0.25, -0.2) is 4.39 Å². The Hall–Kier alpha value is -3.56. The molecule has 1 fully saturated rings. The fourth-order valence-electron chi connectivity index (χ4n) is 4.44. The molecule has 0 bridgehead atoms. The molecule has 1 saturated heterocycles. The fraction of sp³-hybridized carbons (Fsp3) is 0.179. The van der Waals surface area contributed by atoms with Crippen LogP contribution in [-0.2, 0) is 4.79 Å². The van der Waals surface area contributed by atoms with E-state index in [9.17, 15) is 9.18 Å². The van der Waals surface area contributed by atoms with Crippen molar-refractivity contribution in [1.82, 2.24) is 10.3 Å². The second-order valence-electron chi connectivity index (χ2n) is 8.72. The first kappa shape index (κ1) is 25.1. The summed E-state index contributed by atoms with van der Waals surface area (Å²) in [5.41, 5.74) is 4.09. The quantitative estimate of drug-likeness (QED) is 0.238. The van der Waals surface area contributed by atoms with E-state index in [1.807, 2.05) is 67.3 Å². The number of rotatable bonds is 6. The van der Waals surface area contributed by atoms with Crippen molar-refractivity contribution in [3.8, 4) is 11.3 Å². The average Bonchev–Trinajstić information content (AvgIpc) is 3.50. The third-order valence-corrected chi connectivity index (χ3v) is 7.27. The van der Waals surface area contributed by atoms with E-state index in [0.717, 1.165) is 28.2 Å². The predicted octanol–water partition coefficient (Wildman–Crippen LogP) is 7.08. The number of nitrogens with one attached hydrogen (secondary N) is 2. The average molecular weight is 579 g/mol. The Balaban J connectivity index is 1.57. The highest BCUT2D eigenvalue weighted by Gasteiger charge is 2.42. The smallest absolute Gasteiger partial charge is 0.224 e. The van der Waals surface area contributed by atoms with E-state index in [2.05, 4.69) is 31.5 Å². The molecule has 2 atom stereocenters. The standard InChI is InChI=1S/C28H24BrFN4O2S/c1-3-25(35)32-21-10-8-18(14-16(21)2)34-27(26(33-28(34)37)22-6-4-5-13-31-22)24-12-11-23(36-24)19-9-7-17(30)15-20(19)29/h4-15,26-27H,3H2,1-2H3,(H,32,35)(H,33,37)/t26-,27+/m1/s1. The maximum absolute atomic E-state index is 13.7. The molecule has 5 rings (SSSR count). The van der Waals surface area contributed by atoms with E-state index < -0.39 is 0 Å². The summed E-state index contributed by atoms with van der Waals surface area (Å²) in [7, 11) is 0. The lowest BCUT2D eigenvalue weighted by molar-refractivity contribution is -0.115. The number of nitrogens with zero attached hydrogens (tertiary/aromatic N) is 2. The molecular weight excluding hydrogens is 555 g/mol. The van der Waals surface area contributed by atoms with Crippen LogP contribution >= 0.6 is 28.1 Å². The van der Waals surface area contributed by atoms with Gasteiger partial charge in [0.1, 0.15) is 23.4 Å². The number of carbonyl (C=O) groups is 1. The molecule has 1 amide bonds. The van der Waals surface area contributed by atoms with Crippen LogP contribution in [0.15, 0.2) is 81.8 Å². The summed E-state index contributed by atoms with van der Waals surface area (Å²) in [6.07, 6.45) is 2.15. The Morgan fingerprint density at radius 3 is 2.73 bits per heavy atom. The monoisotopic (exact) mass is 578 g/mol. The molecule has 2 aromatic carbocycles. The minimum Gasteiger partial charge on any atom is -0.459 e. The molecule has 37 heavy (non-hydrogen) atoms. The summed E-state index contributed by atoms with van der Waals surface area (Å²) in [5, 5.41) is 6.88. The minimum absolute atomic E-state index is 0.0441. The Labute approximate surface area is 228 Å². The van der Waals surface area contributed by atoms with Gasteiger partial charge in [-0.2, -0.15) is 0 Å². The summed E-state index contributed by atoms with van der Waals surface area (Å²) in [5.74, 6) is 0.906. The number of hydrogen-bond donors (Lipinski definition) is 2. The number of carbonyl (C=O) groups excluding carboxylic acids is 1. The van der Waals surface area contributed by atoms with Crippen LogP contribution in [0.1, 0.15) is 42.4 Å². The van der Waals surface area contributed by atoms with E-state index in [0.29, 0.717) is 27.5 Å². The fourth-order valence-corrected chi connectivity index (χ4v) is 5.34. The van der Waals surface area contributed by atoms with Crippen molar-refractivity contribution in [3.63, 3.8) is 0 Å². The predicted molar refractivity (Wildman–Crippen MR) is 150 cm³/mol. The zero-order chi connectivity index (χ0) is 26.1. The van der Waals surface area contributed by atoms with Gasteiger partial charge in [0, 0.05) is 34.0 Å². The van der Waals surface area contributed by atoms with Gasteiger partial charge in [-0.05, 0) is 101 Å². The van der Waals surface area contributed by atoms with E-state index in [1.165, 1.54) is 12.1 Å². The Kier molecular flexibility index (Phi) is 7.08. The molecule has 3 heterocycles. The van der Waals surface area contributed by atoms with Crippen LogP contribution in [0.25, 0.3) is 11.3 Å². The van der Waals surface area contributed by atoms with Gasteiger partial charge in [-0.3, -0.25) is 9.78 Å². The molecule has 0 saturated carbocycles. The van der Waals surface area contributed by atoms with E-state index >= 15 is 0 Å². The largest absolute Gasteiger partial charge is 0.459 e. The molecular formula is C28H24BrFN4O2S. The van der Waals surface area contributed by atoms with Crippen LogP contribution < -0.4 is 15.5 Å². The highest BCUT2D eigenvalue weighted by atomic mass is 79.9. The second-order valence-corrected chi connectivity index (χ2v) is 9.96. The molecule has 188 valence electrons. The third kappa shape index (κ3) is 5.01. The number of hydrogen-bond acceptors (Lipinski definition) is 4. The molecule has 9 heteroatoms. The molecule has 1 aliphatic rings. The topological polar surface area (TPSA) is 70.4 Å². The molecule has 2 aromatic heterocycles. The van der Waals surface area contributed by atoms with Crippen LogP contribution in [-0.4, -0.2) is 16.0 Å². The summed E-state index contributed by atoms with van der Waals surface area (Å²) in [4.78, 5) is 18.5. The Morgan fingerprint density at radius 1 is 1.19 bits per heavy atom. The van der Waals surface area contributed by atoms with Crippen molar-refractivity contribution >= 4 is 50.5 Å². The zero-order valence-electron chi connectivity index (χ0n) is 20.2. The number of thiocarbonyl (C=S) groups is 1. The number of anilines is 2. The van der Waals surface area contributed by atoms with Crippen LogP contribution in [0.4, 0.5) is 15.8 Å². The number of pyridine rings is 1. The van der Waals surface area contributed by atoms with Gasteiger partial charge < -0.3 is 20.0 Å². The van der Waals surface area contributed by atoms with E-state index in [1.54, 1.807) is 12.3 Å². The lowest BCUT2D eigenvalue weighted by Crippen LogP contribution is -2.29. The van der Waals surface area contributed by atoms with Crippen molar-refractivity contribution < 1.29 is 13.6 Å². The molecule has 1 aliphatic heterocycles. The van der Waals surface area contributed by atoms with Crippen molar-refractivity contribution in [2.45, 2.75) is 32.4 Å². The first-order valence-electron chi connectivity index (χ1n) is 11.8. The van der Waals surface area contributed by atoms with Crippen LogP contribution in [0.3, 0.4) is 0 Å². The maximum atomic E-state index is 13.7. The first-order chi connectivity index (χ1) is 17.9. The van der Waals surface area contributed by atoms with E-state index in [4.69, 9.17) is 16.6 Å². The van der Waals surface area contributed by atoms with Crippen molar-refractivity contribution in [3.05, 3.63) is 100 Å². The van der Waals surface area contributed by atoms with Gasteiger partial charge in [0.2, 0.25) is 5.91 Å². The van der Waals surface area contributed by atoms with Gasteiger partial charge in [0.25, 0.3) is 0 Å². The molecule has 0 aliphatic carbocycles. The van der Waals surface area contributed by atoms with Crippen LogP contribution in [0, 0.1) is 12.7 Å². The highest BCUT2D eigenvalue weighted by Crippen LogP contribution is 2.44. The Morgan fingerprint density at radius 2 is 2.03 bits per heavy atom. The van der Waals surface area contributed by atoms with Crippen molar-refractivity contribution in [2.24, 2.45) is 0 Å². The summed E-state index contributed by atoms with van der Waals surface area (Å²) in [6.45, 7) is 3.77. The number of aryl methyl sites for hydroxylation is 1. The molecule has 6 nitrogen and oxygen atoms in total. The summed E-state index contributed by atoms with van der Waals surface area (Å²) < 4.78 is 20.6. The summed E-state index contributed by atoms with van der Waals surface area (Å²) >= 11 is 9.24. The van der Waals surface area contributed by atoms with Gasteiger partial charge in [0.05, 0.1) is 11.7 Å². The van der Waals surface area contributed by atoms with Crippen molar-refractivity contribution in [2.75, 3.05) is 10.2 Å². The molecule has 0 spiro atoms.